The molecule has 4 heteroatoms. The maximum Gasteiger partial charge on any atom is 0.161 e. The van der Waals surface area contributed by atoms with E-state index >= 15 is 0 Å². The molecule has 0 saturated carbocycles. The zero-order chi connectivity index (χ0) is 16.4. The lowest BCUT2D eigenvalue weighted by molar-refractivity contribution is 0.116. The SMILES string of the molecule is C=CCC1C=C2C(=CO1)OC(c1ccc(OC)c(OC)c1)C2C. The molecule has 23 heavy (non-hydrogen) atoms. The number of allylic oxidation sites excluding steroid dienone is 1. The molecule has 1 aromatic carbocycles. The van der Waals surface area contributed by atoms with Crippen LogP contribution in [0.25, 0.3) is 0 Å². The Morgan fingerprint density at radius 3 is 2.70 bits per heavy atom. The zero-order valence-corrected chi connectivity index (χ0v) is 13.7. The molecule has 1 fully saturated rings. The molecule has 3 atom stereocenters. The molecule has 0 aromatic heterocycles. The number of benzene rings is 1. The lowest BCUT2D eigenvalue weighted by Gasteiger charge is -2.18. The van der Waals surface area contributed by atoms with Crippen molar-refractivity contribution in [1.82, 2.24) is 0 Å². The minimum atomic E-state index is -0.0570. The summed E-state index contributed by atoms with van der Waals surface area (Å²) in [5, 5.41) is 0. The second-order valence-corrected chi connectivity index (χ2v) is 5.74. The predicted molar refractivity (Wildman–Crippen MR) is 88.4 cm³/mol. The zero-order valence-electron chi connectivity index (χ0n) is 13.7. The molecule has 1 aromatic rings. The molecule has 0 N–H and O–H groups in total. The average molecular weight is 314 g/mol. The summed E-state index contributed by atoms with van der Waals surface area (Å²) in [6, 6.07) is 5.90. The van der Waals surface area contributed by atoms with Crippen LogP contribution < -0.4 is 9.47 Å². The van der Waals surface area contributed by atoms with E-state index in [1.54, 1.807) is 20.5 Å². The van der Waals surface area contributed by atoms with Crippen LogP contribution in [0.3, 0.4) is 0 Å². The van der Waals surface area contributed by atoms with Crippen LogP contribution in [0.4, 0.5) is 0 Å². The van der Waals surface area contributed by atoms with Crippen molar-refractivity contribution in [3.8, 4) is 11.5 Å². The van der Waals surface area contributed by atoms with Gasteiger partial charge in [0.2, 0.25) is 0 Å². The summed E-state index contributed by atoms with van der Waals surface area (Å²) >= 11 is 0. The van der Waals surface area contributed by atoms with Gasteiger partial charge in [-0.05, 0) is 23.8 Å². The highest BCUT2D eigenvalue weighted by Gasteiger charge is 2.37. The molecule has 0 bridgehead atoms. The summed E-state index contributed by atoms with van der Waals surface area (Å²) in [5.41, 5.74) is 2.26. The van der Waals surface area contributed by atoms with E-state index in [1.165, 1.54) is 5.57 Å². The molecule has 0 amide bonds. The summed E-state index contributed by atoms with van der Waals surface area (Å²) in [6.07, 6.45) is 6.51. The smallest absolute Gasteiger partial charge is 0.161 e. The second kappa shape index (κ2) is 6.41. The molecular formula is C19H22O4. The van der Waals surface area contributed by atoms with Crippen LogP contribution in [0.2, 0.25) is 0 Å². The largest absolute Gasteiger partial charge is 0.493 e. The van der Waals surface area contributed by atoms with Crippen LogP contribution in [-0.4, -0.2) is 20.3 Å². The van der Waals surface area contributed by atoms with Crippen molar-refractivity contribution in [1.29, 1.82) is 0 Å². The Hall–Kier alpha value is -2.36. The highest BCUT2D eigenvalue weighted by Crippen LogP contribution is 2.47. The monoisotopic (exact) mass is 314 g/mol. The lowest BCUT2D eigenvalue weighted by atomic mass is 9.91. The molecule has 2 aliphatic heterocycles. The maximum atomic E-state index is 6.11. The first-order valence-corrected chi connectivity index (χ1v) is 7.75. The summed E-state index contributed by atoms with van der Waals surface area (Å²) in [5.74, 6) is 2.49. The highest BCUT2D eigenvalue weighted by atomic mass is 16.5. The van der Waals surface area contributed by atoms with E-state index in [1.807, 2.05) is 24.3 Å². The molecule has 0 spiro atoms. The van der Waals surface area contributed by atoms with Gasteiger partial charge in [-0.1, -0.05) is 19.1 Å². The van der Waals surface area contributed by atoms with Crippen LogP contribution in [0.5, 0.6) is 11.5 Å². The molecule has 2 aliphatic rings. The van der Waals surface area contributed by atoms with E-state index in [4.69, 9.17) is 18.9 Å². The molecule has 2 heterocycles. The summed E-state index contributed by atoms with van der Waals surface area (Å²) in [4.78, 5) is 0. The van der Waals surface area contributed by atoms with Crippen molar-refractivity contribution in [2.75, 3.05) is 14.2 Å². The van der Waals surface area contributed by atoms with Gasteiger partial charge in [0.25, 0.3) is 0 Å². The fraction of sp³-hybridized carbons (Fsp3) is 0.368. The quantitative estimate of drug-likeness (QED) is 0.765. The Labute approximate surface area is 137 Å². The molecule has 3 rings (SSSR count). The molecule has 0 radical (unpaired) electrons. The van der Waals surface area contributed by atoms with E-state index < -0.39 is 0 Å². The maximum absolute atomic E-state index is 6.11. The van der Waals surface area contributed by atoms with Gasteiger partial charge in [-0.15, -0.1) is 6.58 Å². The fourth-order valence-electron chi connectivity index (χ4n) is 3.09. The van der Waals surface area contributed by atoms with Crippen LogP contribution in [0.1, 0.15) is 25.0 Å². The van der Waals surface area contributed by atoms with Crippen molar-refractivity contribution in [2.45, 2.75) is 25.6 Å². The van der Waals surface area contributed by atoms with E-state index in [2.05, 4.69) is 19.6 Å². The normalized spacial score (nSPS) is 25.4. The third-order valence-corrected chi connectivity index (χ3v) is 4.33. The number of hydrogen-bond donors (Lipinski definition) is 0. The van der Waals surface area contributed by atoms with Crippen LogP contribution >= 0.6 is 0 Å². The van der Waals surface area contributed by atoms with Gasteiger partial charge < -0.3 is 18.9 Å². The van der Waals surface area contributed by atoms with Gasteiger partial charge in [0, 0.05) is 17.9 Å². The molecule has 0 aliphatic carbocycles. The summed E-state index contributed by atoms with van der Waals surface area (Å²) in [6.45, 7) is 5.94. The van der Waals surface area contributed by atoms with Gasteiger partial charge in [-0.2, -0.15) is 0 Å². The van der Waals surface area contributed by atoms with E-state index in [0.717, 1.165) is 17.7 Å². The van der Waals surface area contributed by atoms with Crippen molar-refractivity contribution in [2.24, 2.45) is 5.92 Å². The van der Waals surface area contributed by atoms with Crippen molar-refractivity contribution < 1.29 is 18.9 Å². The molecule has 1 saturated heterocycles. The van der Waals surface area contributed by atoms with Crippen LogP contribution in [0, 0.1) is 5.92 Å². The third-order valence-electron chi connectivity index (χ3n) is 4.33. The molecule has 4 nitrogen and oxygen atoms in total. The molecular weight excluding hydrogens is 292 g/mol. The van der Waals surface area contributed by atoms with E-state index in [0.29, 0.717) is 11.5 Å². The van der Waals surface area contributed by atoms with Gasteiger partial charge in [0.15, 0.2) is 17.3 Å². The van der Waals surface area contributed by atoms with E-state index in [9.17, 15) is 0 Å². The Morgan fingerprint density at radius 2 is 2.00 bits per heavy atom. The first kappa shape index (κ1) is 15.5. The first-order valence-electron chi connectivity index (χ1n) is 7.75. The Kier molecular flexibility index (Phi) is 4.33. The fourth-order valence-corrected chi connectivity index (χ4v) is 3.09. The minimum Gasteiger partial charge on any atom is -0.493 e. The number of ether oxygens (including phenoxy) is 4. The number of methoxy groups -OCH3 is 2. The van der Waals surface area contributed by atoms with Gasteiger partial charge in [0.1, 0.15) is 18.5 Å². The highest BCUT2D eigenvalue weighted by molar-refractivity contribution is 5.46. The van der Waals surface area contributed by atoms with Gasteiger partial charge in [-0.3, -0.25) is 0 Å². The lowest BCUT2D eigenvalue weighted by Crippen LogP contribution is -2.12. The summed E-state index contributed by atoms with van der Waals surface area (Å²) in [7, 11) is 3.27. The topological polar surface area (TPSA) is 36.9 Å². The molecule has 122 valence electrons. The number of fused-ring (bicyclic) bond motifs is 1. The Bertz CT molecular complexity index is 659. The van der Waals surface area contributed by atoms with Gasteiger partial charge in [-0.25, -0.2) is 0 Å². The van der Waals surface area contributed by atoms with Crippen molar-refractivity contribution >= 4 is 0 Å². The standard InChI is InChI=1S/C19H22O4/c1-5-6-14-10-15-12(2)19(23-18(15)11-22-14)13-7-8-16(20-3)17(9-13)21-4/h5,7-12,14,19H,1,6H2,2-4H3. The third kappa shape index (κ3) is 2.81. The van der Waals surface area contributed by atoms with Crippen molar-refractivity contribution in [3.05, 3.63) is 60.1 Å². The summed E-state index contributed by atoms with van der Waals surface area (Å²) < 4.78 is 22.5. The predicted octanol–water partition coefficient (Wildman–Crippen LogP) is 4.15. The van der Waals surface area contributed by atoms with E-state index in [-0.39, 0.29) is 18.1 Å². The van der Waals surface area contributed by atoms with Gasteiger partial charge >= 0.3 is 0 Å². The van der Waals surface area contributed by atoms with Gasteiger partial charge in [0.05, 0.1) is 14.2 Å². The second-order valence-electron chi connectivity index (χ2n) is 5.74. The number of hydrogen-bond acceptors (Lipinski definition) is 4. The van der Waals surface area contributed by atoms with Crippen LogP contribution in [0.15, 0.2) is 54.5 Å². The van der Waals surface area contributed by atoms with Crippen molar-refractivity contribution in [3.63, 3.8) is 0 Å². The first-order chi connectivity index (χ1) is 11.2. The Morgan fingerprint density at radius 1 is 1.22 bits per heavy atom. The number of rotatable bonds is 5. The van der Waals surface area contributed by atoms with Crippen LogP contribution in [-0.2, 0) is 9.47 Å². The Balaban J connectivity index is 1.88. The molecule has 3 unspecified atom stereocenters. The minimum absolute atomic E-state index is 0.0430. The average Bonchev–Trinajstić information content (AvgIpc) is 2.91.